The third-order valence-electron chi connectivity index (χ3n) is 5.64. The molecule has 1 saturated heterocycles. The van der Waals surface area contributed by atoms with E-state index in [0.29, 0.717) is 19.7 Å². The Morgan fingerprint density at radius 1 is 1.41 bits per heavy atom. The molecule has 1 atom stereocenters. The van der Waals surface area contributed by atoms with Gasteiger partial charge in [0.05, 0.1) is 25.7 Å². The van der Waals surface area contributed by atoms with Crippen molar-refractivity contribution in [2.75, 3.05) is 32.8 Å². The Balaban J connectivity index is 1.40. The molecule has 0 N–H and O–H groups in total. The molecule has 1 fully saturated rings. The fraction of sp³-hybridized carbons (Fsp3) is 0.600. The maximum absolute atomic E-state index is 12.5. The summed E-state index contributed by atoms with van der Waals surface area (Å²) in [7, 11) is 0. The highest BCUT2D eigenvalue weighted by molar-refractivity contribution is 7.10. The largest absolute Gasteiger partial charge is 0.466 e. The number of thiophene rings is 1. The number of ether oxygens (including phenoxy) is 2. The summed E-state index contributed by atoms with van der Waals surface area (Å²) < 4.78 is 13.4. The molecule has 0 amide bonds. The molecule has 7 heteroatoms. The maximum atomic E-state index is 12.5. The molecule has 2 aliphatic heterocycles. The van der Waals surface area contributed by atoms with Gasteiger partial charge in [-0.1, -0.05) is 0 Å². The number of piperidine rings is 1. The summed E-state index contributed by atoms with van der Waals surface area (Å²) in [4.78, 5) is 16.3. The van der Waals surface area contributed by atoms with E-state index in [1.54, 1.807) is 6.20 Å². The van der Waals surface area contributed by atoms with Crippen LogP contribution in [0, 0.1) is 5.92 Å². The highest BCUT2D eigenvalue weighted by atomic mass is 32.1. The molecule has 0 aromatic carbocycles. The predicted octanol–water partition coefficient (Wildman–Crippen LogP) is 2.69. The zero-order valence-corrected chi connectivity index (χ0v) is 16.6. The summed E-state index contributed by atoms with van der Waals surface area (Å²) in [6.07, 6.45) is 6.63. The molecule has 4 rings (SSSR count). The summed E-state index contributed by atoms with van der Waals surface area (Å²) in [6, 6.07) is 4.13. The fourth-order valence-corrected chi connectivity index (χ4v) is 5.40. The van der Waals surface area contributed by atoms with Crippen molar-refractivity contribution in [3.05, 3.63) is 40.3 Å². The summed E-state index contributed by atoms with van der Waals surface area (Å²) in [5.74, 6) is -0.341. The van der Waals surface area contributed by atoms with Gasteiger partial charge in [0.2, 0.25) is 0 Å². The number of nitrogens with zero attached hydrogens (tertiary/aromatic N) is 3. The molecular formula is C20H27N3O3S. The Hall–Kier alpha value is -1.70. The van der Waals surface area contributed by atoms with Gasteiger partial charge in [-0.15, -0.1) is 11.3 Å². The molecule has 2 aromatic rings. The molecule has 0 bridgehead atoms. The molecule has 0 saturated carbocycles. The Kier molecular flexibility index (Phi) is 5.61. The first-order valence-corrected chi connectivity index (χ1v) is 10.7. The van der Waals surface area contributed by atoms with Crippen LogP contribution in [-0.4, -0.2) is 53.5 Å². The molecule has 1 unspecified atom stereocenters. The smallest absolute Gasteiger partial charge is 0.312 e. The lowest BCUT2D eigenvalue weighted by Gasteiger charge is -2.44. The van der Waals surface area contributed by atoms with Crippen LogP contribution in [0.5, 0.6) is 0 Å². The maximum Gasteiger partial charge on any atom is 0.312 e. The molecule has 4 heterocycles. The van der Waals surface area contributed by atoms with Crippen LogP contribution in [0.25, 0.3) is 0 Å². The van der Waals surface area contributed by atoms with E-state index in [1.807, 2.05) is 35.2 Å². The Bertz CT molecular complexity index is 750. The standard InChI is InChI=1S/C20H27N3O3S/c1-2-25-19(24)17(15-23-9-3-8-21-23)14-22-10-6-20(7-11-22)18-16(4-12-26-20)5-13-27-18/h3,5,8-9,13,17H,2,4,6-7,10-12,14-15H2,1H3. The number of carbonyl (C=O) groups is 1. The van der Waals surface area contributed by atoms with Crippen molar-refractivity contribution in [1.29, 1.82) is 0 Å². The lowest BCUT2D eigenvalue weighted by Crippen LogP contribution is -2.48. The number of likely N-dealkylation sites (tertiary alicyclic amines) is 1. The molecule has 0 radical (unpaired) electrons. The average Bonchev–Trinajstić information content (AvgIpc) is 3.36. The number of rotatable bonds is 6. The fourth-order valence-electron chi connectivity index (χ4n) is 4.24. The molecular weight excluding hydrogens is 362 g/mol. The van der Waals surface area contributed by atoms with Crippen LogP contribution < -0.4 is 0 Å². The second kappa shape index (κ2) is 8.12. The van der Waals surface area contributed by atoms with E-state index in [2.05, 4.69) is 21.4 Å². The van der Waals surface area contributed by atoms with Crippen molar-refractivity contribution in [2.24, 2.45) is 5.92 Å². The summed E-state index contributed by atoms with van der Waals surface area (Å²) in [5, 5.41) is 6.44. The molecule has 27 heavy (non-hydrogen) atoms. The van der Waals surface area contributed by atoms with Crippen molar-refractivity contribution >= 4 is 17.3 Å². The second-order valence-electron chi connectivity index (χ2n) is 7.35. The molecule has 2 aliphatic rings. The average molecular weight is 390 g/mol. The van der Waals surface area contributed by atoms with Crippen molar-refractivity contribution < 1.29 is 14.3 Å². The van der Waals surface area contributed by atoms with Crippen LogP contribution >= 0.6 is 11.3 Å². The summed E-state index contributed by atoms with van der Waals surface area (Å²) >= 11 is 1.83. The van der Waals surface area contributed by atoms with E-state index in [0.717, 1.165) is 39.0 Å². The first kappa shape index (κ1) is 18.7. The zero-order chi connectivity index (χ0) is 18.7. The van der Waals surface area contributed by atoms with Gasteiger partial charge in [0.15, 0.2) is 0 Å². The van der Waals surface area contributed by atoms with Crippen molar-refractivity contribution in [3.63, 3.8) is 0 Å². The lowest BCUT2D eigenvalue weighted by molar-refractivity contribution is -0.150. The normalized spacial score (nSPS) is 20.3. The van der Waals surface area contributed by atoms with Crippen LogP contribution in [0.15, 0.2) is 29.9 Å². The van der Waals surface area contributed by atoms with Gasteiger partial charge in [0, 0.05) is 36.9 Å². The minimum absolute atomic E-state index is 0.111. The van der Waals surface area contributed by atoms with Crippen molar-refractivity contribution in [2.45, 2.75) is 38.3 Å². The van der Waals surface area contributed by atoms with Crippen molar-refractivity contribution in [3.8, 4) is 0 Å². The van der Waals surface area contributed by atoms with Gasteiger partial charge in [-0.2, -0.15) is 5.10 Å². The van der Waals surface area contributed by atoms with Gasteiger partial charge < -0.3 is 14.4 Å². The quantitative estimate of drug-likeness (QED) is 0.711. The van der Waals surface area contributed by atoms with Gasteiger partial charge in [0.25, 0.3) is 0 Å². The lowest BCUT2D eigenvalue weighted by atomic mass is 9.85. The van der Waals surface area contributed by atoms with Gasteiger partial charge in [0.1, 0.15) is 5.60 Å². The highest BCUT2D eigenvalue weighted by Crippen LogP contribution is 2.44. The number of fused-ring (bicyclic) bond motifs is 2. The third-order valence-corrected chi connectivity index (χ3v) is 6.78. The molecule has 0 aliphatic carbocycles. The van der Waals surface area contributed by atoms with Gasteiger partial charge in [-0.05, 0) is 49.3 Å². The van der Waals surface area contributed by atoms with Gasteiger partial charge >= 0.3 is 5.97 Å². The van der Waals surface area contributed by atoms with E-state index < -0.39 is 0 Å². The topological polar surface area (TPSA) is 56.6 Å². The predicted molar refractivity (Wildman–Crippen MR) is 104 cm³/mol. The number of carbonyl (C=O) groups excluding carboxylic acids is 1. The molecule has 6 nitrogen and oxygen atoms in total. The van der Waals surface area contributed by atoms with Crippen LogP contribution in [-0.2, 0) is 32.8 Å². The van der Waals surface area contributed by atoms with E-state index in [4.69, 9.17) is 9.47 Å². The van der Waals surface area contributed by atoms with E-state index in [-0.39, 0.29) is 17.5 Å². The van der Waals surface area contributed by atoms with Crippen LogP contribution in [0.3, 0.4) is 0 Å². The van der Waals surface area contributed by atoms with E-state index in [9.17, 15) is 4.79 Å². The molecule has 1 spiro atoms. The molecule has 2 aromatic heterocycles. The number of hydrogen-bond acceptors (Lipinski definition) is 6. The van der Waals surface area contributed by atoms with Crippen molar-refractivity contribution in [1.82, 2.24) is 14.7 Å². The number of esters is 1. The zero-order valence-electron chi connectivity index (χ0n) is 15.8. The first-order chi connectivity index (χ1) is 13.2. The minimum atomic E-state index is -0.205. The Morgan fingerprint density at radius 3 is 3.00 bits per heavy atom. The second-order valence-corrected chi connectivity index (χ2v) is 8.26. The van der Waals surface area contributed by atoms with Gasteiger partial charge in [-0.25, -0.2) is 0 Å². The Labute approximate surface area is 164 Å². The van der Waals surface area contributed by atoms with Crippen LogP contribution in [0.4, 0.5) is 0 Å². The van der Waals surface area contributed by atoms with E-state index >= 15 is 0 Å². The number of hydrogen-bond donors (Lipinski definition) is 0. The number of aromatic nitrogens is 2. The highest BCUT2D eigenvalue weighted by Gasteiger charge is 2.42. The minimum Gasteiger partial charge on any atom is -0.466 e. The van der Waals surface area contributed by atoms with E-state index in [1.165, 1.54) is 10.4 Å². The van der Waals surface area contributed by atoms with Crippen LogP contribution in [0.2, 0.25) is 0 Å². The molecule has 146 valence electrons. The van der Waals surface area contributed by atoms with Gasteiger partial charge in [-0.3, -0.25) is 9.48 Å². The SMILES string of the molecule is CCOC(=O)C(CN1CCC2(CC1)OCCc1ccsc12)Cn1cccn1. The van der Waals surface area contributed by atoms with Crippen LogP contribution in [0.1, 0.15) is 30.2 Å². The summed E-state index contributed by atoms with van der Waals surface area (Å²) in [6.45, 7) is 6.21. The Morgan fingerprint density at radius 2 is 2.26 bits per heavy atom. The summed E-state index contributed by atoms with van der Waals surface area (Å²) in [5.41, 5.74) is 1.35. The third kappa shape index (κ3) is 3.95. The first-order valence-electron chi connectivity index (χ1n) is 9.77. The monoisotopic (exact) mass is 389 g/mol.